The van der Waals surface area contributed by atoms with Gasteiger partial charge in [0.1, 0.15) is 25.6 Å². The van der Waals surface area contributed by atoms with Crippen molar-refractivity contribution in [3.63, 3.8) is 0 Å². The number of amides is 1. The van der Waals surface area contributed by atoms with E-state index in [1.807, 2.05) is 54.3 Å². The van der Waals surface area contributed by atoms with Gasteiger partial charge in [-0.05, 0) is 73.2 Å². The Balaban J connectivity index is 1.45. The highest BCUT2D eigenvalue weighted by Crippen LogP contribution is 2.47. The molecule has 1 fully saturated rings. The van der Waals surface area contributed by atoms with Crippen LogP contribution in [-0.4, -0.2) is 68.0 Å². The van der Waals surface area contributed by atoms with Gasteiger partial charge in [0.05, 0.1) is 19.1 Å². The van der Waals surface area contributed by atoms with Crippen LogP contribution in [0.15, 0.2) is 54.6 Å². The normalized spacial score (nSPS) is 19.3. The lowest BCUT2D eigenvalue weighted by Crippen LogP contribution is -2.35. The highest BCUT2D eigenvalue weighted by Gasteiger charge is 2.48. The molecule has 0 aliphatic carbocycles. The first-order valence-corrected chi connectivity index (χ1v) is 15.9. The lowest BCUT2D eigenvalue weighted by molar-refractivity contribution is -0.143. The molecule has 1 saturated heterocycles. The minimum Gasteiger partial charge on any atom is -0.491 e. The number of hydrogen-bond donors (Lipinski definition) is 2. The van der Waals surface area contributed by atoms with Crippen molar-refractivity contribution in [3.05, 3.63) is 82.4 Å². The van der Waals surface area contributed by atoms with Crippen LogP contribution in [0, 0.1) is 12.8 Å². The second-order valence-corrected chi connectivity index (χ2v) is 11.6. The van der Waals surface area contributed by atoms with Gasteiger partial charge < -0.3 is 29.4 Å². The summed E-state index contributed by atoms with van der Waals surface area (Å²) in [5.74, 6) is -0.329. The summed E-state index contributed by atoms with van der Waals surface area (Å²) < 4.78 is 22.7. The number of anilines is 1. The van der Waals surface area contributed by atoms with Crippen molar-refractivity contribution in [2.24, 2.45) is 5.92 Å². The fraction of sp³-hybridized carbons (Fsp3) is 0.444. The number of carbonyl (C=O) groups is 2. The van der Waals surface area contributed by atoms with E-state index in [2.05, 4.69) is 38.2 Å². The monoisotopic (exact) mass is 616 g/mol. The zero-order valence-electron chi connectivity index (χ0n) is 26.6. The maximum Gasteiger partial charge on any atom is 0.309 e. The van der Waals surface area contributed by atoms with Crippen molar-refractivity contribution in [2.75, 3.05) is 51.4 Å². The molecule has 9 nitrogen and oxygen atoms in total. The minimum absolute atomic E-state index is 0.0439. The van der Waals surface area contributed by atoms with Gasteiger partial charge in [0, 0.05) is 30.8 Å². The Morgan fingerprint density at radius 1 is 0.911 bits per heavy atom. The van der Waals surface area contributed by atoms with Crippen LogP contribution >= 0.6 is 0 Å². The molecule has 0 spiro atoms. The van der Waals surface area contributed by atoms with E-state index < -0.39 is 17.9 Å². The molecule has 3 atom stereocenters. The first-order chi connectivity index (χ1) is 21.8. The van der Waals surface area contributed by atoms with Gasteiger partial charge in [-0.25, -0.2) is 0 Å². The molecule has 1 amide bonds. The molecule has 3 aromatic rings. The summed E-state index contributed by atoms with van der Waals surface area (Å²) >= 11 is 0. The van der Waals surface area contributed by atoms with Crippen LogP contribution in [-0.2, 0) is 27.2 Å². The molecule has 2 N–H and O–H groups in total. The molecule has 0 saturated carbocycles. The van der Waals surface area contributed by atoms with Crippen molar-refractivity contribution in [3.8, 4) is 17.2 Å². The Morgan fingerprint density at radius 2 is 1.58 bits per heavy atom. The molecule has 0 bridgehead atoms. The van der Waals surface area contributed by atoms with E-state index in [1.54, 1.807) is 0 Å². The van der Waals surface area contributed by atoms with Crippen molar-refractivity contribution >= 4 is 17.6 Å². The van der Waals surface area contributed by atoms with E-state index in [0.29, 0.717) is 56.8 Å². The average molecular weight is 617 g/mol. The number of nitrogens with zero attached hydrogens (tertiary/aromatic N) is 1. The Hall–Kier alpha value is -4.08. The Bertz CT molecular complexity index is 1460. The number of nitrogens with one attached hydrogen (secondary N) is 1. The Kier molecular flexibility index (Phi) is 10.6. The van der Waals surface area contributed by atoms with E-state index >= 15 is 0 Å². The third-order valence-electron chi connectivity index (χ3n) is 8.62. The molecule has 9 heteroatoms. The number of rotatable bonds is 13. The summed E-state index contributed by atoms with van der Waals surface area (Å²) in [6.07, 6.45) is 1.59. The number of carbonyl (C=O) groups excluding carboxylic acids is 1. The molecule has 2 heterocycles. The molecule has 5 rings (SSSR count). The molecule has 2 aliphatic heterocycles. The predicted octanol–water partition coefficient (Wildman–Crippen LogP) is 5.79. The van der Waals surface area contributed by atoms with Crippen molar-refractivity contribution < 1.29 is 33.6 Å². The van der Waals surface area contributed by atoms with Crippen LogP contribution in [0.1, 0.15) is 60.5 Å². The zero-order valence-corrected chi connectivity index (χ0v) is 26.6. The van der Waals surface area contributed by atoms with E-state index in [-0.39, 0.29) is 18.4 Å². The van der Waals surface area contributed by atoms with E-state index in [0.717, 1.165) is 46.3 Å². The van der Waals surface area contributed by atoms with Gasteiger partial charge in [0.25, 0.3) is 0 Å². The number of carboxylic acid groups (broad SMARTS) is 1. The first-order valence-electron chi connectivity index (χ1n) is 15.9. The third-order valence-corrected chi connectivity index (χ3v) is 8.62. The number of ether oxygens (including phenoxy) is 4. The van der Waals surface area contributed by atoms with Crippen LogP contribution in [0.25, 0.3) is 0 Å². The molecule has 2 aliphatic rings. The third kappa shape index (κ3) is 7.43. The highest BCUT2D eigenvalue weighted by molar-refractivity contribution is 5.94. The molecule has 1 unspecified atom stereocenters. The first kappa shape index (κ1) is 32.3. The smallest absolute Gasteiger partial charge is 0.309 e. The van der Waals surface area contributed by atoms with E-state index in [9.17, 15) is 14.7 Å². The van der Waals surface area contributed by atoms with Gasteiger partial charge in [0.2, 0.25) is 5.91 Å². The maximum absolute atomic E-state index is 13.7. The van der Waals surface area contributed by atoms with Gasteiger partial charge in [-0.2, -0.15) is 0 Å². The van der Waals surface area contributed by atoms with Crippen molar-refractivity contribution in [1.82, 2.24) is 4.90 Å². The van der Waals surface area contributed by atoms with E-state index in [4.69, 9.17) is 18.9 Å². The largest absolute Gasteiger partial charge is 0.491 e. The van der Waals surface area contributed by atoms with Crippen LogP contribution in [0.3, 0.4) is 0 Å². The molecule has 0 radical (unpaired) electrons. The SMILES string of the molecule is CCOCCOc1ccc([C@H]2C(C(=O)O)[C@@H](c3ccc4c(c3)OCCO4)CN2CC(=O)Nc2c(CC)cc(C)cc2CC)cc1. The predicted molar refractivity (Wildman–Crippen MR) is 173 cm³/mol. The fourth-order valence-corrected chi connectivity index (χ4v) is 6.57. The number of benzene rings is 3. The second-order valence-electron chi connectivity index (χ2n) is 11.6. The quantitative estimate of drug-likeness (QED) is 0.233. The van der Waals surface area contributed by atoms with Crippen LogP contribution in [0.2, 0.25) is 0 Å². The second kappa shape index (κ2) is 14.8. The minimum atomic E-state index is -0.917. The standard InChI is InChI=1S/C36H44N2O7/c1-5-24-18-23(4)19-25(6-2)34(24)37-32(39)22-38-21-29(27-10-13-30-31(20-27)45-17-16-44-30)33(36(40)41)35(38)26-8-11-28(12-9-26)43-15-14-42-7-3/h8-13,18-20,29,33,35H,5-7,14-17,21-22H2,1-4H3,(H,37,39)(H,40,41)/t29-,33?,35+/m1/s1. The van der Waals surface area contributed by atoms with Crippen molar-refractivity contribution in [1.29, 1.82) is 0 Å². The van der Waals surface area contributed by atoms with Gasteiger partial charge in [-0.3, -0.25) is 14.5 Å². The number of likely N-dealkylation sites (tertiary alicyclic amines) is 1. The van der Waals surface area contributed by atoms with Crippen LogP contribution in [0.4, 0.5) is 5.69 Å². The lowest BCUT2D eigenvalue weighted by Gasteiger charge is -2.27. The fourth-order valence-electron chi connectivity index (χ4n) is 6.57. The molecule has 240 valence electrons. The molecular formula is C36H44N2O7. The summed E-state index contributed by atoms with van der Waals surface area (Å²) in [7, 11) is 0. The van der Waals surface area contributed by atoms with Gasteiger partial charge >= 0.3 is 5.97 Å². The number of aliphatic carboxylic acids is 1. The van der Waals surface area contributed by atoms with Crippen molar-refractivity contribution in [2.45, 2.75) is 52.5 Å². The summed E-state index contributed by atoms with van der Waals surface area (Å²) in [6, 6.07) is 16.8. The van der Waals surface area contributed by atoms with Crippen LogP contribution < -0.4 is 19.5 Å². The summed E-state index contributed by atoms with van der Waals surface area (Å²) in [5, 5.41) is 13.9. The molecule has 3 aromatic carbocycles. The number of hydrogen-bond acceptors (Lipinski definition) is 7. The lowest BCUT2D eigenvalue weighted by atomic mass is 9.82. The highest BCUT2D eigenvalue weighted by atomic mass is 16.6. The Labute approximate surface area is 265 Å². The van der Waals surface area contributed by atoms with Crippen LogP contribution in [0.5, 0.6) is 17.2 Å². The van der Waals surface area contributed by atoms with Gasteiger partial charge in [-0.15, -0.1) is 0 Å². The van der Waals surface area contributed by atoms with Gasteiger partial charge in [0.15, 0.2) is 11.5 Å². The maximum atomic E-state index is 13.7. The average Bonchev–Trinajstić information content (AvgIpc) is 3.42. The topological polar surface area (TPSA) is 107 Å². The number of fused-ring (bicyclic) bond motifs is 1. The molecular weight excluding hydrogens is 572 g/mol. The summed E-state index contributed by atoms with van der Waals surface area (Å²) in [6.45, 7) is 11.1. The molecule has 0 aromatic heterocycles. The number of aryl methyl sites for hydroxylation is 3. The molecule has 45 heavy (non-hydrogen) atoms. The number of carboxylic acids is 1. The Morgan fingerprint density at radius 3 is 2.22 bits per heavy atom. The zero-order chi connectivity index (χ0) is 31.9. The van der Waals surface area contributed by atoms with Gasteiger partial charge in [-0.1, -0.05) is 49.7 Å². The summed E-state index contributed by atoms with van der Waals surface area (Å²) in [4.78, 5) is 28.8. The van der Waals surface area contributed by atoms with E-state index in [1.165, 1.54) is 0 Å². The summed E-state index contributed by atoms with van der Waals surface area (Å²) in [5.41, 5.74) is 5.87.